The summed E-state index contributed by atoms with van der Waals surface area (Å²) in [4.78, 5) is 27.6. The van der Waals surface area contributed by atoms with Gasteiger partial charge < -0.3 is 14.5 Å². The molecule has 5 heteroatoms. The van der Waals surface area contributed by atoms with Crippen LogP contribution >= 0.6 is 0 Å². The molecule has 0 bridgehead atoms. The zero-order chi connectivity index (χ0) is 15.4. The first-order chi connectivity index (χ1) is 10.7. The highest BCUT2D eigenvalue weighted by Crippen LogP contribution is 2.22. The molecule has 5 nitrogen and oxygen atoms in total. The van der Waals surface area contributed by atoms with Crippen LogP contribution in [0.15, 0.2) is 30.3 Å². The zero-order valence-corrected chi connectivity index (χ0v) is 12.7. The second-order valence-corrected chi connectivity index (χ2v) is 5.95. The lowest BCUT2D eigenvalue weighted by atomic mass is 10.0. The number of nitrogens with zero attached hydrogens (tertiary/aromatic N) is 2. The molecule has 2 saturated heterocycles. The fourth-order valence-corrected chi connectivity index (χ4v) is 3.23. The van der Waals surface area contributed by atoms with Crippen LogP contribution in [-0.4, -0.2) is 47.5 Å². The average molecular weight is 302 g/mol. The van der Waals surface area contributed by atoms with E-state index in [1.807, 2.05) is 35.2 Å². The van der Waals surface area contributed by atoms with E-state index >= 15 is 0 Å². The van der Waals surface area contributed by atoms with E-state index in [9.17, 15) is 9.59 Å². The van der Waals surface area contributed by atoms with Gasteiger partial charge in [0, 0.05) is 32.1 Å². The van der Waals surface area contributed by atoms with Gasteiger partial charge in [0.2, 0.25) is 5.91 Å². The van der Waals surface area contributed by atoms with Crippen LogP contribution in [0.1, 0.15) is 31.2 Å². The predicted octanol–water partition coefficient (Wildman–Crippen LogP) is 2.41. The lowest BCUT2D eigenvalue weighted by Crippen LogP contribution is -2.47. The Morgan fingerprint density at radius 1 is 1.14 bits per heavy atom. The van der Waals surface area contributed by atoms with E-state index in [-0.39, 0.29) is 12.0 Å². The van der Waals surface area contributed by atoms with E-state index in [0.29, 0.717) is 32.2 Å². The van der Waals surface area contributed by atoms with E-state index < -0.39 is 0 Å². The van der Waals surface area contributed by atoms with Gasteiger partial charge in [0.15, 0.2) is 0 Å². The number of amides is 2. The molecule has 3 rings (SSSR count). The SMILES string of the molecule is O=C(OCc1ccccc1)N1CCC(N2CCCC2=O)CC1. The number of rotatable bonds is 3. The quantitative estimate of drug-likeness (QED) is 0.861. The van der Waals surface area contributed by atoms with Gasteiger partial charge in [0.05, 0.1) is 0 Å². The third-order valence-corrected chi connectivity index (χ3v) is 4.48. The molecule has 1 aromatic carbocycles. The molecule has 118 valence electrons. The second kappa shape index (κ2) is 6.81. The summed E-state index contributed by atoms with van der Waals surface area (Å²) in [5.41, 5.74) is 0.994. The maximum absolute atomic E-state index is 12.1. The molecule has 22 heavy (non-hydrogen) atoms. The number of benzene rings is 1. The fraction of sp³-hybridized carbons (Fsp3) is 0.529. The van der Waals surface area contributed by atoms with Gasteiger partial charge in [-0.05, 0) is 24.8 Å². The molecule has 0 aliphatic carbocycles. The monoisotopic (exact) mass is 302 g/mol. The summed E-state index contributed by atoms with van der Waals surface area (Å²) >= 11 is 0. The minimum atomic E-state index is -0.255. The van der Waals surface area contributed by atoms with Gasteiger partial charge in [-0.3, -0.25) is 4.79 Å². The number of likely N-dealkylation sites (tertiary alicyclic amines) is 2. The summed E-state index contributed by atoms with van der Waals surface area (Å²) in [5, 5.41) is 0. The Hall–Kier alpha value is -2.04. The molecule has 2 amide bonds. The van der Waals surface area contributed by atoms with Crippen LogP contribution in [0.4, 0.5) is 4.79 Å². The smallest absolute Gasteiger partial charge is 0.410 e. The van der Waals surface area contributed by atoms with E-state index in [0.717, 1.165) is 31.4 Å². The Kier molecular flexibility index (Phi) is 4.61. The predicted molar refractivity (Wildman–Crippen MR) is 82.2 cm³/mol. The van der Waals surface area contributed by atoms with Crippen molar-refractivity contribution in [3.8, 4) is 0 Å². The standard InChI is InChI=1S/C17H22N2O3/c20-16-7-4-10-19(16)15-8-11-18(12-9-15)17(21)22-13-14-5-2-1-3-6-14/h1-3,5-6,15H,4,7-13H2. The van der Waals surface area contributed by atoms with Crippen molar-refractivity contribution >= 4 is 12.0 Å². The van der Waals surface area contributed by atoms with Crippen molar-refractivity contribution in [3.05, 3.63) is 35.9 Å². The van der Waals surface area contributed by atoms with Crippen LogP contribution in [0.25, 0.3) is 0 Å². The molecule has 2 heterocycles. The Morgan fingerprint density at radius 3 is 2.50 bits per heavy atom. The van der Waals surface area contributed by atoms with Gasteiger partial charge in [-0.1, -0.05) is 30.3 Å². The number of hydrogen-bond acceptors (Lipinski definition) is 3. The molecular weight excluding hydrogens is 280 g/mol. The first-order valence-corrected chi connectivity index (χ1v) is 7.99. The molecule has 0 unspecified atom stereocenters. The molecular formula is C17H22N2O3. The van der Waals surface area contributed by atoms with Gasteiger partial charge in [-0.25, -0.2) is 4.79 Å². The van der Waals surface area contributed by atoms with Crippen molar-refractivity contribution in [2.75, 3.05) is 19.6 Å². The zero-order valence-electron chi connectivity index (χ0n) is 12.7. The first-order valence-electron chi connectivity index (χ1n) is 7.99. The molecule has 0 atom stereocenters. The maximum Gasteiger partial charge on any atom is 0.410 e. The van der Waals surface area contributed by atoms with Crippen LogP contribution in [0.3, 0.4) is 0 Å². The molecule has 0 spiro atoms. The van der Waals surface area contributed by atoms with Crippen molar-refractivity contribution in [1.29, 1.82) is 0 Å². The highest BCUT2D eigenvalue weighted by molar-refractivity contribution is 5.78. The van der Waals surface area contributed by atoms with Gasteiger partial charge in [-0.2, -0.15) is 0 Å². The topological polar surface area (TPSA) is 49.9 Å². The lowest BCUT2D eigenvalue weighted by molar-refractivity contribution is -0.130. The molecule has 2 fully saturated rings. The Labute approximate surface area is 130 Å². The van der Waals surface area contributed by atoms with Crippen LogP contribution < -0.4 is 0 Å². The highest BCUT2D eigenvalue weighted by atomic mass is 16.6. The van der Waals surface area contributed by atoms with Gasteiger partial charge >= 0.3 is 6.09 Å². The minimum absolute atomic E-state index is 0.255. The Balaban J connectivity index is 1.44. The third-order valence-electron chi connectivity index (χ3n) is 4.48. The first kappa shape index (κ1) is 14.9. The lowest BCUT2D eigenvalue weighted by Gasteiger charge is -2.36. The number of hydrogen-bond donors (Lipinski definition) is 0. The Morgan fingerprint density at radius 2 is 1.86 bits per heavy atom. The Bertz CT molecular complexity index is 524. The van der Waals surface area contributed by atoms with E-state index in [4.69, 9.17) is 4.74 Å². The summed E-state index contributed by atoms with van der Waals surface area (Å²) in [7, 11) is 0. The van der Waals surface area contributed by atoms with Crippen molar-refractivity contribution in [3.63, 3.8) is 0 Å². The number of carbonyl (C=O) groups excluding carboxylic acids is 2. The summed E-state index contributed by atoms with van der Waals surface area (Å²) in [6.07, 6.45) is 3.10. The molecule has 0 radical (unpaired) electrons. The molecule has 2 aliphatic heterocycles. The van der Waals surface area contributed by atoms with Crippen LogP contribution in [0.2, 0.25) is 0 Å². The van der Waals surface area contributed by atoms with Crippen LogP contribution in [0.5, 0.6) is 0 Å². The molecule has 1 aromatic rings. The molecule has 2 aliphatic rings. The third kappa shape index (κ3) is 3.40. The molecule has 0 N–H and O–H groups in total. The number of ether oxygens (including phenoxy) is 1. The summed E-state index contributed by atoms with van der Waals surface area (Å²) < 4.78 is 5.36. The molecule has 0 saturated carbocycles. The van der Waals surface area contributed by atoms with Crippen LogP contribution in [0, 0.1) is 0 Å². The minimum Gasteiger partial charge on any atom is -0.445 e. The van der Waals surface area contributed by atoms with E-state index in [1.54, 1.807) is 4.90 Å². The van der Waals surface area contributed by atoms with Crippen molar-refractivity contribution < 1.29 is 14.3 Å². The van der Waals surface area contributed by atoms with Gasteiger partial charge in [0.25, 0.3) is 0 Å². The average Bonchev–Trinajstić information content (AvgIpc) is 3.00. The summed E-state index contributed by atoms with van der Waals surface area (Å²) in [5.74, 6) is 0.269. The largest absolute Gasteiger partial charge is 0.445 e. The summed E-state index contributed by atoms with van der Waals surface area (Å²) in [6.45, 7) is 2.52. The van der Waals surface area contributed by atoms with Gasteiger partial charge in [-0.15, -0.1) is 0 Å². The van der Waals surface area contributed by atoms with Gasteiger partial charge in [0.1, 0.15) is 6.61 Å². The fourth-order valence-electron chi connectivity index (χ4n) is 3.23. The number of piperidine rings is 1. The van der Waals surface area contributed by atoms with Crippen molar-refractivity contribution in [2.24, 2.45) is 0 Å². The highest BCUT2D eigenvalue weighted by Gasteiger charge is 2.32. The maximum atomic E-state index is 12.1. The van der Waals surface area contributed by atoms with E-state index in [1.165, 1.54) is 0 Å². The number of carbonyl (C=O) groups is 2. The van der Waals surface area contributed by atoms with Crippen molar-refractivity contribution in [1.82, 2.24) is 9.80 Å². The van der Waals surface area contributed by atoms with E-state index in [2.05, 4.69) is 0 Å². The summed E-state index contributed by atoms with van der Waals surface area (Å²) in [6, 6.07) is 9.99. The van der Waals surface area contributed by atoms with Crippen LogP contribution in [-0.2, 0) is 16.1 Å². The second-order valence-electron chi connectivity index (χ2n) is 5.95. The normalized spacial score (nSPS) is 19.5. The molecule has 0 aromatic heterocycles. The van der Waals surface area contributed by atoms with Crippen molar-refractivity contribution in [2.45, 2.75) is 38.3 Å².